The van der Waals surface area contributed by atoms with E-state index in [2.05, 4.69) is 0 Å². The molecule has 4 heavy (non-hydrogen) atoms. The van der Waals surface area contributed by atoms with Crippen molar-refractivity contribution in [3.8, 4) is 0 Å². The summed E-state index contributed by atoms with van der Waals surface area (Å²) >= 11 is -2.03. The quantitative estimate of drug-likeness (QED) is 0.567. The molecule has 0 aromatic heterocycles. The van der Waals surface area contributed by atoms with Gasteiger partial charge in [-0.15, -0.1) is 0 Å². The van der Waals surface area contributed by atoms with Crippen LogP contribution in [0, 0.1) is 35.6 Å². The van der Waals surface area contributed by atoms with E-state index in [1.165, 1.54) is 0 Å². The monoisotopic (exact) mass is 269 g/mol. The van der Waals surface area contributed by atoms with E-state index in [1.54, 1.807) is 0 Å². The van der Waals surface area contributed by atoms with Crippen LogP contribution in [-0.2, 0) is 25.3 Å². The summed E-state index contributed by atoms with van der Waals surface area (Å²) in [5.74, 6) is 0. The van der Waals surface area contributed by atoms with E-state index in [4.69, 9.17) is 6.80 Å². The SMILES string of the molecule is [La].[O]=[Mo]=[O]. The molecular weight excluding hydrogens is 267 g/mol. The molecule has 4 heteroatoms. The van der Waals surface area contributed by atoms with E-state index in [-0.39, 0.29) is 35.6 Å². The Bertz CT molecular complexity index is 27.0. The second-order valence-corrected chi connectivity index (χ2v) is 0.403. The van der Waals surface area contributed by atoms with E-state index < -0.39 is 18.5 Å². The third-order valence-corrected chi connectivity index (χ3v) is 0. The van der Waals surface area contributed by atoms with Crippen LogP contribution in [0.3, 0.4) is 0 Å². The minimum absolute atomic E-state index is 0. The van der Waals surface area contributed by atoms with Crippen LogP contribution in [0.4, 0.5) is 0 Å². The first-order valence-electron chi connectivity index (χ1n) is 0.333. The van der Waals surface area contributed by atoms with Gasteiger partial charge in [0.15, 0.2) is 0 Å². The zero-order valence-corrected chi connectivity index (χ0v) is 7.43. The molecule has 0 aliphatic rings. The predicted octanol–water partition coefficient (Wildman–Crippen LogP) is -0.240. The summed E-state index contributed by atoms with van der Waals surface area (Å²) in [6, 6.07) is 0. The van der Waals surface area contributed by atoms with Crippen LogP contribution in [0.1, 0.15) is 0 Å². The van der Waals surface area contributed by atoms with Gasteiger partial charge in [-0.1, -0.05) is 0 Å². The Balaban J connectivity index is 0. The Morgan fingerprint density at radius 2 is 1.25 bits per heavy atom. The van der Waals surface area contributed by atoms with E-state index >= 15 is 0 Å². The second kappa shape index (κ2) is 8.82. The summed E-state index contributed by atoms with van der Waals surface area (Å²) in [6.07, 6.45) is 0. The topological polar surface area (TPSA) is 34.1 Å². The molecule has 0 aliphatic carbocycles. The summed E-state index contributed by atoms with van der Waals surface area (Å²) in [4.78, 5) is 0. The van der Waals surface area contributed by atoms with Crippen LogP contribution < -0.4 is 0 Å². The van der Waals surface area contributed by atoms with Gasteiger partial charge >= 0.3 is 25.3 Å². The summed E-state index contributed by atoms with van der Waals surface area (Å²) in [5, 5.41) is 0. The molecule has 0 aliphatic heterocycles. The molecule has 0 spiro atoms. The minimum atomic E-state index is -2.03. The molecule has 0 aromatic rings. The molecule has 0 bridgehead atoms. The third kappa shape index (κ3) is 9.76. The van der Waals surface area contributed by atoms with Gasteiger partial charge in [0, 0.05) is 35.6 Å². The van der Waals surface area contributed by atoms with Crippen molar-refractivity contribution in [3.63, 3.8) is 0 Å². The molecule has 0 atom stereocenters. The Hall–Kier alpha value is 1.48. The van der Waals surface area contributed by atoms with Crippen molar-refractivity contribution in [2.45, 2.75) is 0 Å². The van der Waals surface area contributed by atoms with E-state index in [9.17, 15) is 0 Å². The number of hydrogen-bond acceptors (Lipinski definition) is 2. The fourth-order valence-corrected chi connectivity index (χ4v) is 0. The molecule has 0 heterocycles. The van der Waals surface area contributed by atoms with Gasteiger partial charge in [-0.3, -0.25) is 0 Å². The maximum atomic E-state index is 8.50. The van der Waals surface area contributed by atoms with Gasteiger partial charge in [0.25, 0.3) is 0 Å². The fraction of sp³-hybridized carbons (Fsp3) is 0. The van der Waals surface area contributed by atoms with Gasteiger partial charge in [0.2, 0.25) is 0 Å². The van der Waals surface area contributed by atoms with Crippen molar-refractivity contribution in [1.82, 2.24) is 0 Å². The molecule has 0 saturated carbocycles. The predicted molar refractivity (Wildman–Crippen MR) is 1.37 cm³/mol. The van der Waals surface area contributed by atoms with E-state index in [0.29, 0.717) is 0 Å². The van der Waals surface area contributed by atoms with Gasteiger partial charge in [-0.05, 0) is 0 Å². The first-order chi connectivity index (χ1) is 1.41. The summed E-state index contributed by atoms with van der Waals surface area (Å²) < 4.78 is 17.0. The Morgan fingerprint density at radius 1 is 1.25 bits per heavy atom. The summed E-state index contributed by atoms with van der Waals surface area (Å²) in [5.41, 5.74) is 0. The van der Waals surface area contributed by atoms with Crippen LogP contribution in [0.15, 0.2) is 0 Å². The Morgan fingerprint density at radius 3 is 1.25 bits per heavy atom. The van der Waals surface area contributed by atoms with Crippen molar-refractivity contribution in [2.24, 2.45) is 0 Å². The molecule has 0 unspecified atom stereocenters. The van der Waals surface area contributed by atoms with Gasteiger partial charge in [-0.2, -0.15) is 0 Å². The van der Waals surface area contributed by atoms with Crippen LogP contribution in [0.5, 0.6) is 0 Å². The molecule has 21 valence electrons. The van der Waals surface area contributed by atoms with Crippen molar-refractivity contribution >= 4 is 0 Å². The molecule has 2 nitrogen and oxygen atoms in total. The molecule has 0 aromatic carbocycles. The number of hydrogen-bond donors (Lipinski definition) is 0. The molecule has 0 N–H and O–H groups in total. The Labute approximate surface area is 60.1 Å². The normalized spacial score (nSPS) is 3.00. The van der Waals surface area contributed by atoms with Crippen LogP contribution in [-0.4, -0.2) is 0 Å². The maximum absolute atomic E-state index is 8.50. The second-order valence-electron chi connectivity index (χ2n) is 0.0680. The molecule has 1 radical (unpaired) electrons. The summed E-state index contributed by atoms with van der Waals surface area (Å²) in [6.45, 7) is 0. The molecule has 0 amide bonds. The van der Waals surface area contributed by atoms with Crippen LogP contribution in [0.25, 0.3) is 0 Å². The van der Waals surface area contributed by atoms with Crippen molar-refractivity contribution in [2.75, 3.05) is 0 Å². The molecule has 0 fully saturated rings. The van der Waals surface area contributed by atoms with Crippen molar-refractivity contribution in [1.29, 1.82) is 0 Å². The molecule has 0 saturated heterocycles. The average Bonchev–Trinajstić information content (AvgIpc) is 0.918. The first-order valence-corrected chi connectivity index (χ1v) is 1.97. The molecule has 0 rings (SSSR count). The van der Waals surface area contributed by atoms with Crippen LogP contribution in [0.2, 0.25) is 0 Å². The standard InChI is InChI=1S/La.Mo.2O. The van der Waals surface area contributed by atoms with E-state index in [0.717, 1.165) is 0 Å². The first kappa shape index (κ1) is 9.08. The summed E-state index contributed by atoms with van der Waals surface area (Å²) in [7, 11) is 0. The average molecular weight is 267 g/mol. The third-order valence-electron chi connectivity index (χ3n) is 0. The van der Waals surface area contributed by atoms with E-state index in [1.807, 2.05) is 0 Å². The fourth-order valence-electron chi connectivity index (χ4n) is 0. The van der Waals surface area contributed by atoms with Gasteiger partial charge in [0.1, 0.15) is 0 Å². The van der Waals surface area contributed by atoms with Crippen molar-refractivity contribution < 1.29 is 60.9 Å². The zero-order valence-electron chi connectivity index (χ0n) is 1.80. The van der Waals surface area contributed by atoms with Crippen molar-refractivity contribution in [3.05, 3.63) is 0 Å². The van der Waals surface area contributed by atoms with Gasteiger partial charge in [-0.25, -0.2) is 0 Å². The Kier molecular flexibility index (Phi) is 20.0. The van der Waals surface area contributed by atoms with Gasteiger partial charge < -0.3 is 0 Å². The van der Waals surface area contributed by atoms with Gasteiger partial charge in [0.05, 0.1) is 0 Å². The number of rotatable bonds is 0. The molecular formula is LaMoO2. The van der Waals surface area contributed by atoms with Crippen LogP contribution >= 0.6 is 0 Å². The zero-order chi connectivity index (χ0) is 2.71.